The van der Waals surface area contributed by atoms with Gasteiger partial charge in [0.2, 0.25) is 11.8 Å². The van der Waals surface area contributed by atoms with E-state index >= 15 is 0 Å². The maximum Gasteiger partial charge on any atom is 0.264 e. The Balaban J connectivity index is 2.06. The minimum Gasteiger partial charge on any atom is -0.497 e. The molecule has 0 aromatic heterocycles. The number of carbonyl (C=O) groups is 2. The largest absolute Gasteiger partial charge is 0.497 e. The average molecular weight is 552 g/mol. The van der Waals surface area contributed by atoms with Gasteiger partial charge in [-0.05, 0) is 80.3 Å². The van der Waals surface area contributed by atoms with Crippen molar-refractivity contribution in [1.29, 1.82) is 0 Å². The summed E-state index contributed by atoms with van der Waals surface area (Å²) in [6.07, 6.45) is 0.364. The molecule has 0 unspecified atom stereocenters. The number of sulfonamides is 1. The molecule has 0 saturated carbocycles. The summed E-state index contributed by atoms with van der Waals surface area (Å²) in [6.45, 7) is 7.55. The van der Waals surface area contributed by atoms with Crippen molar-refractivity contribution in [3.8, 4) is 5.75 Å². The molecule has 39 heavy (non-hydrogen) atoms. The average Bonchev–Trinajstić information content (AvgIpc) is 2.94. The van der Waals surface area contributed by atoms with E-state index in [-0.39, 0.29) is 17.3 Å². The molecule has 3 rings (SSSR count). The molecule has 0 radical (unpaired) electrons. The first-order valence-corrected chi connectivity index (χ1v) is 14.4. The summed E-state index contributed by atoms with van der Waals surface area (Å²) < 4.78 is 34.1. The van der Waals surface area contributed by atoms with Gasteiger partial charge in [0.25, 0.3) is 10.0 Å². The van der Waals surface area contributed by atoms with Crippen LogP contribution in [0.1, 0.15) is 37.0 Å². The second-order valence-corrected chi connectivity index (χ2v) is 11.1. The Kier molecular flexibility index (Phi) is 10.1. The van der Waals surface area contributed by atoms with Crippen LogP contribution in [0.25, 0.3) is 0 Å². The zero-order valence-electron chi connectivity index (χ0n) is 23.2. The number of amides is 2. The molecular weight excluding hydrogens is 514 g/mol. The highest BCUT2D eigenvalue weighted by atomic mass is 32.2. The van der Waals surface area contributed by atoms with Crippen LogP contribution in [0.5, 0.6) is 5.75 Å². The Bertz CT molecular complexity index is 1380. The van der Waals surface area contributed by atoms with Crippen molar-refractivity contribution in [3.63, 3.8) is 0 Å². The number of methoxy groups -OCH3 is 1. The summed E-state index contributed by atoms with van der Waals surface area (Å²) in [5.41, 5.74) is 3.07. The number of hydrogen-bond donors (Lipinski definition) is 1. The van der Waals surface area contributed by atoms with Gasteiger partial charge in [-0.3, -0.25) is 13.9 Å². The lowest BCUT2D eigenvalue weighted by atomic mass is 10.1. The predicted octanol–water partition coefficient (Wildman–Crippen LogP) is 4.45. The minimum atomic E-state index is -4.09. The Morgan fingerprint density at radius 2 is 1.59 bits per heavy atom. The topological polar surface area (TPSA) is 96.0 Å². The van der Waals surface area contributed by atoms with Crippen LogP contribution in [0.4, 0.5) is 5.69 Å². The summed E-state index contributed by atoms with van der Waals surface area (Å²) in [5, 5.41) is 2.81. The van der Waals surface area contributed by atoms with E-state index in [4.69, 9.17) is 4.74 Å². The Morgan fingerprint density at radius 1 is 0.923 bits per heavy atom. The molecule has 8 nitrogen and oxygen atoms in total. The summed E-state index contributed by atoms with van der Waals surface area (Å²) >= 11 is 0. The van der Waals surface area contributed by atoms with Crippen LogP contribution in [0, 0.1) is 13.8 Å². The van der Waals surface area contributed by atoms with Crippen molar-refractivity contribution < 1.29 is 22.7 Å². The maximum absolute atomic E-state index is 14.0. The molecule has 3 aromatic rings. The number of nitrogens with zero attached hydrogens (tertiary/aromatic N) is 2. The van der Waals surface area contributed by atoms with Crippen molar-refractivity contribution >= 4 is 27.5 Å². The molecule has 2 amide bonds. The van der Waals surface area contributed by atoms with Gasteiger partial charge in [0, 0.05) is 13.1 Å². The first-order valence-electron chi connectivity index (χ1n) is 13.0. The van der Waals surface area contributed by atoms with Crippen molar-refractivity contribution in [3.05, 3.63) is 89.5 Å². The first-order chi connectivity index (χ1) is 18.6. The summed E-state index contributed by atoms with van der Waals surface area (Å²) in [4.78, 5) is 28.6. The van der Waals surface area contributed by atoms with E-state index in [1.165, 1.54) is 17.0 Å². The number of ether oxygens (including phenoxy) is 1. The van der Waals surface area contributed by atoms with Crippen molar-refractivity contribution in [2.75, 3.05) is 24.5 Å². The SMILES string of the molecule is CCNC(=O)[C@@H](CC)N(Cc1ccc(OC)cc1)C(=O)CN(c1ccc(C)c(C)c1)S(=O)(=O)c1ccccc1. The molecule has 1 N–H and O–H groups in total. The van der Waals surface area contributed by atoms with Crippen LogP contribution in [0.15, 0.2) is 77.7 Å². The molecule has 0 aliphatic carbocycles. The molecule has 0 aliphatic rings. The van der Waals surface area contributed by atoms with Gasteiger partial charge in [-0.15, -0.1) is 0 Å². The monoisotopic (exact) mass is 551 g/mol. The standard InChI is InChI=1S/C30H37N3O5S/c1-6-28(30(35)31-7-2)32(20-24-14-17-26(38-5)18-15-24)29(34)21-33(25-16-13-22(3)23(4)19-25)39(36,37)27-11-9-8-10-12-27/h8-19,28H,6-7,20-21H2,1-5H3,(H,31,35)/t28-/m1/s1. The van der Waals surface area contributed by atoms with E-state index in [1.54, 1.807) is 49.6 Å². The lowest BCUT2D eigenvalue weighted by molar-refractivity contribution is -0.140. The molecular formula is C30H37N3O5S. The fourth-order valence-corrected chi connectivity index (χ4v) is 5.70. The van der Waals surface area contributed by atoms with Crippen LogP contribution in [-0.4, -0.2) is 51.4 Å². The van der Waals surface area contributed by atoms with Gasteiger partial charge in [-0.1, -0.05) is 43.3 Å². The molecule has 1 atom stereocenters. The van der Waals surface area contributed by atoms with Crippen LogP contribution in [0.3, 0.4) is 0 Å². The highest BCUT2D eigenvalue weighted by Gasteiger charge is 2.33. The number of hydrogen-bond acceptors (Lipinski definition) is 5. The maximum atomic E-state index is 14.0. The lowest BCUT2D eigenvalue weighted by Gasteiger charge is -2.33. The zero-order chi connectivity index (χ0) is 28.6. The quantitative estimate of drug-likeness (QED) is 0.359. The van der Waals surface area contributed by atoms with Crippen molar-refractivity contribution in [2.24, 2.45) is 0 Å². The fraction of sp³-hybridized carbons (Fsp3) is 0.333. The highest BCUT2D eigenvalue weighted by Crippen LogP contribution is 2.27. The summed E-state index contributed by atoms with van der Waals surface area (Å²) in [6, 6.07) is 19.8. The van der Waals surface area contributed by atoms with E-state index in [1.807, 2.05) is 45.9 Å². The van der Waals surface area contributed by atoms with Gasteiger partial charge in [0.15, 0.2) is 0 Å². The second-order valence-electron chi connectivity index (χ2n) is 9.28. The minimum absolute atomic E-state index is 0.0773. The van der Waals surface area contributed by atoms with Crippen molar-refractivity contribution in [2.45, 2.75) is 51.6 Å². The molecule has 0 spiro atoms. The molecule has 0 bridgehead atoms. The van der Waals surface area contributed by atoms with E-state index in [0.717, 1.165) is 21.0 Å². The first kappa shape index (κ1) is 29.7. The third kappa shape index (κ3) is 7.17. The number of nitrogens with one attached hydrogen (secondary N) is 1. The van der Waals surface area contributed by atoms with E-state index in [9.17, 15) is 18.0 Å². The smallest absolute Gasteiger partial charge is 0.264 e. The van der Waals surface area contributed by atoms with Crippen LogP contribution in [0.2, 0.25) is 0 Å². The van der Waals surface area contributed by atoms with Gasteiger partial charge in [0.1, 0.15) is 18.3 Å². The van der Waals surface area contributed by atoms with E-state index in [0.29, 0.717) is 24.4 Å². The second kappa shape index (κ2) is 13.3. The number of likely N-dealkylation sites (N-methyl/N-ethyl adjacent to an activating group) is 1. The molecule has 0 heterocycles. The van der Waals surface area contributed by atoms with Gasteiger partial charge in [-0.2, -0.15) is 0 Å². The van der Waals surface area contributed by atoms with Gasteiger partial charge in [0.05, 0.1) is 17.7 Å². The highest BCUT2D eigenvalue weighted by molar-refractivity contribution is 7.92. The van der Waals surface area contributed by atoms with E-state index in [2.05, 4.69) is 5.32 Å². The van der Waals surface area contributed by atoms with Crippen LogP contribution in [-0.2, 0) is 26.2 Å². The fourth-order valence-electron chi connectivity index (χ4n) is 4.27. The number of aryl methyl sites for hydroxylation is 2. The molecule has 3 aromatic carbocycles. The van der Waals surface area contributed by atoms with Crippen molar-refractivity contribution in [1.82, 2.24) is 10.2 Å². The molecule has 208 valence electrons. The van der Waals surface area contributed by atoms with Gasteiger partial charge >= 0.3 is 0 Å². The Hall–Kier alpha value is -3.85. The summed E-state index contributed by atoms with van der Waals surface area (Å²) in [5.74, 6) is -0.102. The van der Waals surface area contributed by atoms with Crippen LogP contribution < -0.4 is 14.4 Å². The third-order valence-electron chi connectivity index (χ3n) is 6.64. The predicted molar refractivity (Wildman–Crippen MR) is 153 cm³/mol. The van der Waals surface area contributed by atoms with Gasteiger partial charge < -0.3 is 15.0 Å². The molecule has 0 fully saturated rings. The Morgan fingerprint density at radius 3 is 2.15 bits per heavy atom. The number of rotatable bonds is 12. The third-order valence-corrected chi connectivity index (χ3v) is 8.43. The van der Waals surface area contributed by atoms with Gasteiger partial charge in [-0.25, -0.2) is 8.42 Å². The van der Waals surface area contributed by atoms with E-state index < -0.39 is 28.5 Å². The normalized spacial score (nSPS) is 11.9. The lowest BCUT2D eigenvalue weighted by Crippen LogP contribution is -2.52. The number of carbonyl (C=O) groups excluding carboxylic acids is 2. The van der Waals surface area contributed by atoms with Crippen LogP contribution >= 0.6 is 0 Å². The summed E-state index contributed by atoms with van der Waals surface area (Å²) in [7, 11) is -2.52. The molecule has 0 saturated heterocycles. The zero-order valence-corrected chi connectivity index (χ0v) is 24.0. The number of anilines is 1. The molecule has 0 aliphatic heterocycles. The molecule has 9 heteroatoms. The Labute approximate surface area is 231 Å². The number of benzene rings is 3.